The van der Waals surface area contributed by atoms with E-state index < -0.39 is 35.9 Å². The van der Waals surface area contributed by atoms with Crippen molar-refractivity contribution in [3.8, 4) is 5.75 Å². The predicted octanol–water partition coefficient (Wildman–Crippen LogP) is 4.17. The summed E-state index contributed by atoms with van der Waals surface area (Å²) in [6.45, 7) is 0.846. The van der Waals surface area contributed by atoms with Gasteiger partial charge in [0.05, 0.1) is 16.3 Å². The van der Waals surface area contributed by atoms with Gasteiger partial charge in [0, 0.05) is 0 Å². The third-order valence-corrected chi connectivity index (χ3v) is 3.61. The first-order valence-corrected chi connectivity index (χ1v) is 7.59. The van der Waals surface area contributed by atoms with Crippen LogP contribution >= 0.6 is 11.6 Å². The van der Waals surface area contributed by atoms with Crippen LogP contribution in [0.2, 0.25) is 5.02 Å². The van der Waals surface area contributed by atoms with Crippen molar-refractivity contribution < 1.29 is 32.6 Å². The first-order chi connectivity index (χ1) is 12.1. The third-order valence-electron chi connectivity index (χ3n) is 3.29. The molecule has 0 aliphatic rings. The van der Waals surface area contributed by atoms with Crippen molar-refractivity contribution in [1.82, 2.24) is 0 Å². The van der Waals surface area contributed by atoms with E-state index in [2.05, 4.69) is 0 Å². The van der Waals surface area contributed by atoms with Gasteiger partial charge in [-0.05, 0) is 36.8 Å². The highest BCUT2D eigenvalue weighted by Gasteiger charge is 2.34. The summed E-state index contributed by atoms with van der Waals surface area (Å²) < 4.78 is 43.6. The van der Waals surface area contributed by atoms with Crippen LogP contribution in [-0.4, -0.2) is 23.6 Å². The molecule has 0 aliphatic carbocycles. The highest BCUT2D eigenvalue weighted by molar-refractivity contribution is 6.34. The lowest BCUT2D eigenvalue weighted by molar-refractivity contribution is -0.137. The number of amides is 1. The number of benzene rings is 2. The fraction of sp³-hybridized carbons (Fsp3) is 0.176. The monoisotopic (exact) mass is 387 g/mol. The molecule has 0 unspecified atom stereocenters. The number of para-hydroxylation sites is 1. The predicted molar refractivity (Wildman–Crippen MR) is 88.2 cm³/mol. The molecule has 0 atom stereocenters. The van der Waals surface area contributed by atoms with Crippen LogP contribution in [0.3, 0.4) is 0 Å². The number of nitrogens with one attached hydrogen (secondary N) is 1. The summed E-state index contributed by atoms with van der Waals surface area (Å²) in [6, 6.07) is 7.23. The molecule has 138 valence electrons. The molecule has 2 aromatic carbocycles. The molecule has 1 amide bonds. The summed E-state index contributed by atoms with van der Waals surface area (Å²) in [5.41, 5.74) is -1.21. The number of esters is 1. The zero-order valence-electron chi connectivity index (χ0n) is 13.4. The van der Waals surface area contributed by atoms with E-state index >= 15 is 0 Å². The van der Waals surface area contributed by atoms with Crippen LogP contribution in [0.15, 0.2) is 36.4 Å². The molecule has 0 saturated heterocycles. The van der Waals surface area contributed by atoms with Gasteiger partial charge in [-0.2, -0.15) is 13.2 Å². The van der Waals surface area contributed by atoms with Gasteiger partial charge < -0.3 is 15.2 Å². The summed E-state index contributed by atoms with van der Waals surface area (Å²) in [5.74, 6) is -2.34. The Kier molecular flexibility index (Phi) is 5.76. The van der Waals surface area contributed by atoms with Crippen molar-refractivity contribution in [2.24, 2.45) is 0 Å². The van der Waals surface area contributed by atoms with Gasteiger partial charge in [0.25, 0.3) is 5.91 Å². The Morgan fingerprint density at radius 1 is 1.23 bits per heavy atom. The maximum atomic E-state index is 13.0. The van der Waals surface area contributed by atoms with Gasteiger partial charge in [0.2, 0.25) is 0 Å². The van der Waals surface area contributed by atoms with Crippen LogP contribution in [0.5, 0.6) is 5.75 Å². The van der Waals surface area contributed by atoms with Crippen molar-refractivity contribution in [2.45, 2.75) is 13.1 Å². The molecule has 0 radical (unpaired) electrons. The summed E-state index contributed by atoms with van der Waals surface area (Å²) in [4.78, 5) is 23.7. The number of halogens is 4. The molecule has 2 N–H and O–H groups in total. The van der Waals surface area contributed by atoms with Crippen LogP contribution in [0, 0.1) is 6.92 Å². The van der Waals surface area contributed by atoms with E-state index in [0.29, 0.717) is 5.56 Å². The van der Waals surface area contributed by atoms with E-state index in [1.54, 1.807) is 13.0 Å². The highest BCUT2D eigenvalue weighted by atomic mass is 35.5. The zero-order chi connectivity index (χ0) is 19.5. The molecule has 2 aromatic rings. The van der Waals surface area contributed by atoms with Crippen LogP contribution in [0.25, 0.3) is 0 Å². The first-order valence-electron chi connectivity index (χ1n) is 7.22. The maximum Gasteiger partial charge on any atom is 0.418 e. The number of alkyl halides is 3. The first kappa shape index (κ1) is 19.6. The molecule has 5 nitrogen and oxygen atoms in total. The fourth-order valence-corrected chi connectivity index (χ4v) is 2.31. The van der Waals surface area contributed by atoms with Gasteiger partial charge in [-0.25, -0.2) is 4.79 Å². The number of hydrogen-bond donors (Lipinski definition) is 2. The lowest BCUT2D eigenvalue weighted by Crippen LogP contribution is -2.23. The number of carbonyl (C=O) groups excluding carboxylic acids is 2. The van der Waals surface area contributed by atoms with Crippen molar-refractivity contribution in [2.75, 3.05) is 11.9 Å². The van der Waals surface area contributed by atoms with Gasteiger partial charge in [-0.15, -0.1) is 0 Å². The molecule has 9 heteroatoms. The van der Waals surface area contributed by atoms with E-state index in [-0.39, 0.29) is 16.3 Å². The number of phenols is 1. The van der Waals surface area contributed by atoms with Gasteiger partial charge in [0.15, 0.2) is 6.61 Å². The van der Waals surface area contributed by atoms with E-state index in [0.717, 1.165) is 12.1 Å². The van der Waals surface area contributed by atoms with Gasteiger partial charge in [0.1, 0.15) is 11.3 Å². The van der Waals surface area contributed by atoms with Gasteiger partial charge in [-0.3, -0.25) is 4.79 Å². The van der Waals surface area contributed by atoms with Crippen LogP contribution < -0.4 is 5.32 Å². The van der Waals surface area contributed by atoms with Crippen molar-refractivity contribution in [3.63, 3.8) is 0 Å². The number of rotatable bonds is 4. The zero-order valence-corrected chi connectivity index (χ0v) is 14.1. The Labute approximate surface area is 151 Å². The summed E-state index contributed by atoms with van der Waals surface area (Å²) in [7, 11) is 0. The Bertz CT molecular complexity index is 852. The van der Waals surface area contributed by atoms with Crippen LogP contribution in [0.4, 0.5) is 18.9 Å². The third kappa shape index (κ3) is 4.66. The van der Waals surface area contributed by atoms with E-state index in [9.17, 15) is 27.9 Å². The molecule has 26 heavy (non-hydrogen) atoms. The number of ether oxygens (including phenoxy) is 1. The van der Waals surface area contributed by atoms with Crippen LogP contribution in [-0.2, 0) is 15.7 Å². The second-order valence-corrected chi connectivity index (χ2v) is 5.71. The van der Waals surface area contributed by atoms with Crippen molar-refractivity contribution in [3.05, 3.63) is 58.1 Å². The molecule has 0 fully saturated rings. The number of aromatic hydroxyl groups is 1. The molecular formula is C17H13ClF3NO4. The number of carbonyl (C=O) groups is 2. The highest BCUT2D eigenvalue weighted by Crippen LogP contribution is 2.38. The Morgan fingerprint density at radius 2 is 1.92 bits per heavy atom. The summed E-state index contributed by atoms with van der Waals surface area (Å²) in [6.07, 6.45) is -4.72. The molecule has 0 saturated carbocycles. The molecular weight excluding hydrogens is 375 g/mol. The molecule has 0 aromatic heterocycles. The summed E-state index contributed by atoms with van der Waals surface area (Å²) >= 11 is 5.72. The smallest absolute Gasteiger partial charge is 0.418 e. The van der Waals surface area contributed by atoms with E-state index in [1.165, 1.54) is 18.2 Å². The van der Waals surface area contributed by atoms with Crippen LogP contribution in [0.1, 0.15) is 21.5 Å². The largest absolute Gasteiger partial charge is 0.507 e. The SMILES string of the molecule is Cc1ccc(C(=O)OCC(=O)Nc2c(Cl)cccc2C(F)(F)F)c(O)c1. The minimum atomic E-state index is -4.72. The molecule has 2 rings (SSSR count). The molecule has 0 bridgehead atoms. The van der Waals surface area contributed by atoms with E-state index in [4.69, 9.17) is 16.3 Å². The molecule has 0 aliphatic heterocycles. The van der Waals surface area contributed by atoms with Crippen molar-refractivity contribution >= 4 is 29.2 Å². The average molecular weight is 388 g/mol. The number of hydrogen-bond acceptors (Lipinski definition) is 4. The normalized spacial score (nSPS) is 11.1. The molecule has 0 spiro atoms. The van der Waals surface area contributed by atoms with E-state index in [1.807, 2.05) is 5.32 Å². The quantitative estimate of drug-likeness (QED) is 0.772. The standard InChI is InChI=1S/C17H13ClF3NO4/c1-9-5-6-10(13(23)7-9)16(25)26-8-14(24)22-15-11(17(19,20)21)3-2-4-12(15)18/h2-7,23H,8H2,1H3,(H,22,24). The summed E-state index contributed by atoms with van der Waals surface area (Å²) in [5, 5.41) is 11.4. The Morgan fingerprint density at radius 3 is 2.54 bits per heavy atom. The topological polar surface area (TPSA) is 75.6 Å². The maximum absolute atomic E-state index is 13.0. The number of anilines is 1. The van der Waals surface area contributed by atoms with Gasteiger partial charge in [-0.1, -0.05) is 23.7 Å². The molecule has 0 heterocycles. The number of phenolic OH excluding ortho intramolecular Hbond substituents is 1. The minimum Gasteiger partial charge on any atom is -0.507 e. The second-order valence-electron chi connectivity index (χ2n) is 5.31. The Hall–Kier alpha value is -2.74. The fourth-order valence-electron chi connectivity index (χ4n) is 2.09. The van der Waals surface area contributed by atoms with Crippen molar-refractivity contribution in [1.29, 1.82) is 0 Å². The van der Waals surface area contributed by atoms with Gasteiger partial charge >= 0.3 is 12.1 Å². The second kappa shape index (κ2) is 7.65. The average Bonchev–Trinajstić information content (AvgIpc) is 2.53. The minimum absolute atomic E-state index is 0.169. The Balaban J connectivity index is 2.07. The lowest BCUT2D eigenvalue weighted by Gasteiger charge is -2.15. The number of aryl methyl sites for hydroxylation is 1. The lowest BCUT2D eigenvalue weighted by atomic mass is 10.1.